The highest BCUT2D eigenvalue weighted by molar-refractivity contribution is 7.99. The number of hydrogen-bond donors (Lipinski definition) is 2. The third-order valence-electron chi connectivity index (χ3n) is 8.45. The van der Waals surface area contributed by atoms with Crippen LogP contribution in [0.15, 0.2) is 0 Å². The standard InChI is InChI=1S/C40H86O12S2Si2.2CH4/c1-7-47-55(48-8-2,49-9-3)33-23-31-53-29-21-27-45-37-39(41)35-43-25-19-17-15-13-14-16-18-20-26-44-36-40(42)38-46-28-22-30-54-32-24-34-56(50-10-4,51-11-5)52-12-6;;/h39-42H,7-38H2,1-6H3;2*1H4. The van der Waals surface area contributed by atoms with Crippen molar-refractivity contribution in [1.29, 1.82) is 0 Å². The molecule has 2 N–H and O–H groups in total. The largest absolute Gasteiger partial charge is 0.500 e. The van der Waals surface area contributed by atoms with Crippen molar-refractivity contribution in [3.05, 3.63) is 0 Å². The summed E-state index contributed by atoms with van der Waals surface area (Å²) in [6, 6.07) is 1.71. The Hall–Kier alpha value is 0.654. The van der Waals surface area contributed by atoms with Crippen molar-refractivity contribution < 1.29 is 55.7 Å². The summed E-state index contributed by atoms with van der Waals surface area (Å²) >= 11 is 3.82. The lowest BCUT2D eigenvalue weighted by atomic mass is 10.1. The van der Waals surface area contributed by atoms with Gasteiger partial charge in [-0.05, 0) is 103 Å². The second-order valence-corrected chi connectivity index (χ2v) is 21.5. The molecule has 0 aromatic rings. The molecule has 0 radical (unpaired) electrons. The first-order chi connectivity index (χ1) is 27.4. The van der Waals surface area contributed by atoms with Gasteiger partial charge in [0.1, 0.15) is 12.2 Å². The fraction of sp³-hybridized carbons (Fsp3) is 1.00. The molecule has 354 valence electrons. The van der Waals surface area contributed by atoms with Crippen LogP contribution in [0.2, 0.25) is 12.1 Å². The molecule has 0 fully saturated rings. The zero-order chi connectivity index (χ0) is 41.3. The van der Waals surface area contributed by atoms with Crippen LogP contribution < -0.4 is 0 Å². The molecule has 58 heavy (non-hydrogen) atoms. The topological polar surface area (TPSA) is 133 Å². The summed E-state index contributed by atoms with van der Waals surface area (Å²) in [5, 5.41) is 20.3. The lowest BCUT2D eigenvalue weighted by Crippen LogP contribution is -2.46. The van der Waals surface area contributed by atoms with Crippen LogP contribution in [0, 0.1) is 0 Å². The molecule has 16 heteroatoms. The summed E-state index contributed by atoms with van der Waals surface area (Å²) in [4.78, 5) is 0. The molecule has 0 aromatic heterocycles. The van der Waals surface area contributed by atoms with Gasteiger partial charge in [-0.3, -0.25) is 0 Å². The van der Waals surface area contributed by atoms with Crippen molar-refractivity contribution >= 4 is 41.1 Å². The van der Waals surface area contributed by atoms with Gasteiger partial charge in [0.25, 0.3) is 0 Å². The summed E-state index contributed by atoms with van der Waals surface area (Å²) in [5.74, 6) is 4.15. The molecule has 2 atom stereocenters. The molecule has 2 unspecified atom stereocenters. The van der Waals surface area contributed by atoms with Gasteiger partial charge in [0.2, 0.25) is 0 Å². The summed E-state index contributed by atoms with van der Waals surface area (Å²) in [6.07, 6.45) is 12.0. The van der Waals surface area contributed by atoms with Crippen molar-refractivity contribution in [2.24, 2.45) is 0 Å². The average molecular weight is 912 g/mol. The highest BCUT2D eigenvalue weighted by atomic mass is 32.2. The molecule has 0 bridgehead atoms. The number of rotatable bonds is 47. The smallest absolute Gasteiger partial charge is 0.388 e. The van der Waals surface area contributed by atoms with Gasteiger partial charge in [0.05, 0.1) is 26.4 Å². The van der Waals surface area contributed by atoms with Crippen molar-refractivity contribution in [3.63, 3.8) is 0 Å². The Kier molecular flexibility index (Phi) is 51.2. The van der Waals surface area contributed by atoms with Crippen molar-refractivity contribution in [1.82, 2.24) is 0 Å². The van der Waals surface area contributed by atoms with Crippen molar-refractivity contribution in [2.75, 3.05) is 116 Å². The third-order valence-corrected chi connectivity index (χ3v) is 17.1. The number of ether oxygens (including phenoxy) is 4. The zero-order valence-corrected chi connectivity index (χ0v) is 40.2. The summed E-state index contributed by atoms with van der Waals surface area (Å²) in [5.41, 5.74) is 0. The van der Waals surface area contributed by atoms with Crippen LogP contribution in [0.1, 0.15) is 133 Å². The van der Waals surface area contributed by atoms with Gasteiger partial charge in [-0.1, -0.05) is 53.4 Å². The molecular formula is C42H94O12S2Si2. The van der Waals surface area contributed by atoms with Crippen LogP contribution in [0.3, 0.4) is 0 Å². The number of thioether (sulfide) groups is 2. The van der Waals surface area contributed by atoms with E-state index in [0.717, 1.165) is 86.5 Å². The number of aliphatic hydroxyl groups is 2. The van der Waals surface area contributed by atoms with Gasteiger partial charge in [-0.25, -0.2) is 0 Å². The second-order valence-electron chi connectivity index (χ2n) is 13.5. The summed E-state index contributed by atoms with van der Waals surface area (Å²) < 4.78 is 58.1. The highest BCUT2D eigenvalue weighted by Crippen LogP contribution is 2.21. The summed E-state index contributed by atoms with van der Waals surface area (Å²) in [7, 11) is -5.06. The lowest BCUT2D eigenvalue weighted by molar-refractivity contribution is -0.0192. The maximum atomic E-state index is 10.1. The van der Waals surface area contributed by atoms with Gasteiger partial charge >= 0.3 is 17.6 Å². The Bertz CT molecular complexity index is 705. The van der Waals surface area contributed by atoms with Gasteiger partial charge in [0.15, 0.2) is 0 Å². The maximum absolute atomic E-state index is 10.1. The SMILES string of the molecule is C.C.CCO[Si](CCCSCCCOCC(O)COCCCCCCCCCCOCC(O)COCCCSCCC[Si](OCC)(OCC)OCC)(OCC)OCC. The Morgan fingerprint density at radius 2 is 0.603 bits per heavy atom. The Morgan fingerprint density at radius 3 is 0.879 bits per heavy atom. The van der Waals surface area contributed by atoms with Crippen LogP contribution >= 0.6 is 23.5 Å². The van der Waals surface area contributed by atoms with Crippen LogP contribution in [0.4, 0.5) is 0 Å². The zero-order valence-electron chi connectivity index (χ0n) is 36.6. The van der Waals surface area contributed by atoms with Crippen LogP contribution in [0.5, 0.6) is 0 Å². The molecule has 0 heterocycles. The average Bonchev–Trinajstić information content (AvgIpc) is 3.17. The molecule has 0 rings (SSSR count). The molecule has 0 aromatic carbocycles. The highest BCUT2D eigenvalue weighted by Gasteiger charge is 2.40. The Morgan fingerprint density at radius 1 is 0.362 bits per heavy atom. The fourth-order valence-corrected chi connectivity index (χ4v) is 13.4. The van der Waals surface area contributed by atoms with E-state index >= 15 is 0 Å². The monoisotopic (exact) mass is 911 g/mol. The minimum atomic E-state index is -2.53. The predicted octanol–water partition coefficient (Wildman–Crippen LogP) is 9.29. The van der Waals surface area contributed by atoms with Crippen LogP contribution in [-0.2, 0) is 45.5 Å². The van der Waals surface area contributed by atoms with E-state index in [2.05, 4.69) is 0 Å². The molecule has 12 nitrogen and oxygen atoms in total. The van der Waals surface area contributed by atoms with E-state index < -0.39 is 29.8 Å². The Labute approximate surface area is 368 Å². The van der Waals surface area contributed by atoms with Crippen molar-refractivity contribution in [2.45, 2.75) is 158 Å². The van der Waals surface area contributed by atoms with Gasteiger partial charge in [-0.15, -0.1) is 0 Å². The minimum Gasteiger partial charge on any atom is -0.388 e. The molecule has 0 aliphatic carbocycles. The molecular weight excluding hydrogens is 817 g/mol. The number of hydrogen-bond acceptors (Lipinski definition) is 14. The first kappa shape index (κ1) is 62.9. The molecule has 0 aliphatic rings. The van der Waals surface area contributed by atoms with E-state index in [-0.39, 0.29) is 14.9 Å². The molecule has 0 saturated heterocycles. The van der Waals surface area contributed by atoms with Gasteiger partial charge < -0.3 is 55.7 Å². The van der Waals surface area contributed by atoms with Crippen LogP contribution in [-0.4, -0.2) is 156 Å². The first-order valence-corrected chi connectivity index (χ1v) is 28.2. The molecule has 0 aliphatic heterocycles. The minimum absolute atomic E-state index is 0. The lowest BCUT2D eigenvalue weighted by Gasteiger charge is -2.28. The van der Waals surface area contributed by atoms with E-state index in [0.29, 0.717) is 92.5 Å². The Balaban J connectivity index is -0.0000151. The third kappa shape index (κ3) is 38.3. The molecule has 0 spiro atoms. The predicted molar refractivity (Wildman–Crippen MR) is 250 cm³/mol. The quantitative estimate of drug-likeness (QED) is 0.0444. The fourth-order valence-electron chi connectivity index (χ4n) is 5.96. The van der Waals surface area contributed by atoms with Gasteiger partial charge in [-0.2, -0.15) is 23.5 Å². The van der Waals surface area contributed by atoms with E-state index in [4.69, 9.17) is 45.5 Å². The number of aliphatic hydroxyl groups excluding tert-OH is 2. The number of unbranched alkanes of at least 4 members (excludes halogenated alkanes) is 7. The molecule has 0 saturated carbocycles. The normalized spacial score (nSPS) is 13.0. The van der Waals surface area contributed by atoms with E-state index in [9.17, 15) is 10.2 Å². The van der Waals surface area contributed by atoms with E-state index in [1.807, 2.05) is 65.1 Å². The second kappa shape index (κ2) is 47.1. The van der Waals surface area contributed by atoms with Gasteiger partial charge in [0, 0.05) is 78.2 Å². The summed E-state index contributed by atoms with van der Waals surface area (Å²) in [6.45, 7) is 19.6. The van der Waals surface area contributed by atoms with Crippen molar-refractivity contribution in [3.8, 4) is 0 Å². The maximum Gasteiger partial charge on any atom is 0.500 e. The first-order valence-electron chi connectivity index (χ1n) is 22.0. The molecule has 0 amide bonds. The van der Waals surface area contributed by atoms with Crippen LogP contribution in [0.25, 0.3) is 0 Å². The van der Waals surface area contributed by atoms with E-state index in [1.165, 1.54) is 25.7 Å². The van der Waals surface area contributed by atoms with E-state index in [1.54, 1.807) is 0 Å².